The molecule has 2 atom stereocenters. The number of fused-ring (bicyclic) bond motifs is 4. The van der Waals surface area contributed by atoms with Crippen LogP contribution in [0.25, 0.3) is 12.2 Å². The second-order valence-corrected chi connectivity index (χ2v) is 8.82. The molecule has 156 valence electrons. The Labute approximate surface area is 186 Å². The van der Waals surface area contributed by atoms with E-state index in [1.165, 1.54) is 0 Å². The van der Waals surface area contributed by atoms with E-state index in [4.69, 9.17) is 11.6 Å². The van der Waals surface area contributed by atoms with Crippen LogP contribution in [0, 0.1) is 5.92 Å². The Kier molecular flexibility index (Phi) is 5.24. The molecule has 31 heavy (non-hydrogen) atoms. The molecule has 5 rings (SSSR count). The molecule has 2 aliphatic rings. The van der Waals surface area contributed by atoms with Crippen LogP contribution in [0.4, 0.5) is 0 Å². The lowest BCUT2D eigenvalue weighted by Crippen LogP contribution is -2.49. The summed E-state index contributed by atoms with van der Waals surface area (Å²) in [5.74, 6) is 0.520. The Bertz CT molecular complexity index is 1200. The number of amides is 1. The Morgan fingerprint density at radius 3 is 2.45 bits per heavy atom. The van der Waals surface area contributed by atoms with Crippen molar-refractivity contribution in [1.82, 2.24) is 9.47 Å². The van der Waals surface area contributed by atoms with Crippen LogP contribution in [0.5, 0.6) is 0 Å². The van der Waals surface area contributed by atoms with Gasteiger partial charge in [-0.25, -0.2) is 0 Å². The number of rotatable bonds is 3. The molecule has 1 saturated heterocycles. The van der Waals surface area contributed by atoms with Gasteiger partial charge in [-0.2, -0.15) is 0 Å². The number of carbonyl (C=O) groups excluding carboxylic acids is 1. The predicted octanol–water partition coefficient (Wildman–Crippen LogP) is 4.93. The molecule has 0 N–H and O–H groups in total. The molecule has 1 amide bonds. The SMILES string of the molecule is O=C(c1ccccc1)N1C[C@@H]2C[C@H](C1)c1c(/C=C/c3ccc(Cl)cc3)ccc(=O)n1C2. The smallest absolute Gasteiger partial charge is 0.253 e. The van der Waals surface area contributed by atoms with Gasteiger partial charge in [0.25, 0.3) is 11.5 Å². The molecule has 0 unspecified atom stereocenters. The molecule has 2 bridgehead atoms. The van der Waals surface area contributed by atoms with Gasteiger partial charge in [0.1, 0.15) is 0 Å². The van der Waals surface area contributed by atoms with E-state index < -0.39 is 0 Å². The van der Waals surface area contributed by atoms with Crippen molar-refractivity contribution >= 4 is 29.7 Å². The molecule has 3 aromatic rings. The van der Waals surface area contributed by atoms with Crippen LogP contribution in [0.1, 0.15) is 39.5 Å². The van der Waals surface area contributed by atoms with Gasteiger partial charge < -0.3 is 9.47 Å². The molecule has 0 saturated carbocycles. The van der Waals surface area contributed by atoms with Gasteiger partial charge >= 0.3 is 0 Å². The van der Waals surface area contributed by atoms with Crippen molar-refractivity contribution in [2.24, 2.45) is 5.92 Å². The third-order valence-electron chi connectivity index (χ3n) is 6.26. The summed E-state index contributed by atoms with van der Waals surface area (Å²) in [7, 11) is 0. The van der Waals surface area contributed by atoms with E-state index in [-0.39, 0.29) is 17.4 Å². The van der Waals surface area contributed by atoms with Crippen molar-refractivity contribution in [3.63, 3.8) is 0 Å². The Hall–Kier alpha value is -3.11. The van der Waals surface area contributed by atoms with Crippen LogP contribution in [-0.2, 0) is 6.54 Å². The maximum atomic E-state index is 13.1. The van der Waals surface area contributed by atoms with Gasteiger partial charge in [0.05, 0.1) is 0 Å². The fourth-order valence-corrected chi connectivity index (χ4v) is 5.00. The molecule has 0 aliphatic carbocycles. The topological polar surface area (TPSA) is 42.3 Å². The first-order valence-electron chi connectivity index (χ1n) is 10.6. The van der Waals surface area contributed by atoms with Crippen molar-refractivity contribution in [2.75, 3.05) is 13.1 Å². The van der Waals surface area contributed by atoms with Gasteiger partial charge in [-0.3, -0.25) is 9.59 Å². The van der Waals surface area contributed by atoms with Crippen molar-refractivity contribution < 1.29 is 4.79 Å². The number of hydrogen-bond donors (Lipinski definition) is 0. The number of pyridine rings is 1. The maximum Gasteiger partial charge on any atom is 0.253 e. The van der Waals surface area contributed by atoms with E-state index in [2.05, 4.69) is 6.08 Å². The molecule has 0 spiro atoms. The van der Waals surface area contributed by atoms with Gasteiger partial charge in [-0.05, 0) is 53.8 Å². The number of carbonyl (C=O) groups is 1. The lowest BCUT2D eigenvalue weighted by atomic mass is 9.81. The second-order valence-electron chi connectivity index (χ2n) is 8.38. The van der Waals surface area contributed by atoms with E-state index in [0.29, 0.717) is 30.6 Å². The fourth-order valence-electron chi connectivity index (χ4n) is 4.88. The number of halogens is 1. The normalized spacial score (nSPS) is 20.0. The van der Waals surface area contributed by atoms with Gasteiger partial charge in [-0.1, -0.05) is 54.1 Å². The molecular formula is C26H23ClN2O2. The van der Waals surface area contributed by atoms with Crippen LogP contribution in [0.3, 0.4) is 0 Å². The Morgan fingerprint density at radius 1 is 0.903 bits per heavy atom. The van der Waals surface area contributed by atoms with Gasteiger partial charge in [0.15, 0.2) is 0 Å². The molecular weight excluding hydrogens is 408 g/mol. The van der Waals surface area contributed by atoms with Crippen LogP contribution in [0.2, 0.25) is 5.02 Å². The van der Waals surface area contributed by atoms with Gasteiger partial charge in [0.2, 0.25) is 0 Å². The summed E-state index contributed by atoms with van der Waals surface area (Å²) in [6, 6.07) is 20.7. The first kappa shape index (κ1) is 19.8. The molecule has 4 nitrogen and oxygen atoms in total. The highest BCUT2D eigenvalue weighted by Gasteiger charge is 2.37. The average Bonchev–Trinajstić information content (AvgIpc) is 2.80. The van der Waals surface area contributed by atoms with Crippen LogP contribution >= 0.6 is 11.6 Å². The van der Waals surface area contributed by atoms with Crippen molar-refractivity contribution in [3.8, 4) is 0 Å². The highest BCUT2D eigenvalue weighted by atomic mass is 35.5. The zero-order chi connectivity index (χ0) is 21.4. The maximum absolute atomic E-state index is 13.1. The standard InChI is InChI=1S/C26H23ClN2O2/c27-23-11-7-18(8-12-23)6-9-20-10-13-24(30)29-16-19-14-22(25(20)29)17-28(15-19)26(31)21-4-2-1-3-5-21/h1-13,19,22H,14-17H2/b9-6+/t19-,22+/m0/s1. The number of piperidine rings is 1. The average molecular weight is 431 g/mol. The summed E-state index contributed by atoms with van der Waals surface area (Å²) < 4.78 is 1.92. The molecule has 1 aromatic heterocycles. The van der Waals surface area contributed by atoms with E-state index >= 15 is 0 Å². The molecule has 3 heterocycles. The summed E-state index contributed by atoms with van der Waals surface area (Å²) in [4.78, 5) is 27.7. The lowest BCUT2D eigenvalue weighted by molar-refractivity contribution is 0.0594. The van der Waals surface area contributed by atoms with Crippen molar-refractivity contribution in [3.05, 3.63) is 104 Å². The Balaban J connectivity index is 1.47. The Morgan fingerprint density at radius 2 is 1.68 bits per heavy atom. The summed E-state index contributed by atoms with van der Waals surface area (Å²) in [5.41, 5.74) is 3.88. The first-order valence-corrected chi connectivity index (χ1v) is 11.0. The number of aromatic nitrogens is 1. The number of benzene rings is 2. The number of hydrogen-bond acceptors (Lipinski definition) is 2. The zero-order valence-corrected chi connectivity index (χ0v) is 17.8. The molecule has 0 radical (unpaired) electrons. The monoisotopic (exact) mass is 430 g/mol. The number of likely N-dealkylation sites (tertiary alicyclic amines) is 1. The van der Waals surface area contributed by atoms with Crippen LogP contribution < -0.4 is 5.56 Å². The van der Waals surface area contributed by atoms with E-state index in [9.17, 15) is 9.59 Å². The molecule has 2 aromatic carbocycles. The molecule has 2 aliphatic heterocycles. The summed E-state index contributed by atoms with van der Waals surface area (Å²) >= 11 is 5.99. The predicted molar refractivity (Wildman–Crippen MR) is 124 cm³/mol. The highest BCUT2D eigenvalue weighted by molar-refractivity contribution is 6.30. The zero-order valence-electron chi connectivity index (χ0n) is 17.1. The van der Waals surface area contributed by atoms with Crippen LogP contribution in [-0.4, -0.2) is 28.5 Å². The summed E-state index contributed by atoms with van der Waals surface area (Å²) in [6.45, 7) is 1.99. The second kappa shape index (κ2) is 8.20. The largest absolute Gasteiger partial charge is 0.338 e. The van der Waals surface area contributed by atoms with Gasteiger partial charge in [-0.15, -0.1) is 0 Å². The highest BCUT2D eigenvalue weighted by Crippen LogP contribution is 2.37. The lowest BCUT2D eigenvalue weighted by Gasteiger charge is -2.43. The molecule has 5 heteroatoms. The van der Waals surface area contributed by atoms with E-state index in [1.54, 1.807) is 6.07 Å². The quantitative estimate of drug-likeness (QED) is 0.591. The van der Waals surface area contributed by atoms with Crippen molar-refractivity contribution in [1.29, 1.82) is 0 Å². The first-order chi connectivity index (χ1) is 15.1. The summed E-state index contributed by atoms with van der Waals surface area (Å²) in [5, 5.41) is 0.706. The number of nitrogens with zero attached hydrogens (tertiary/aromatic N) is 2. The minimum Gasteiger partial charge on any atom is -0.338 e. The van der Waals surface area contributed by atoms with Gasteiger partial charge in [0, 0.05) is 47.9 Å². The minimum absolute atomic E-state index is 0.0381. The molecule has 1 fully saturated rings. The third-order valence-corrected chi connectivity index (χ3v) is 6.51. The van der Waals surface area contributed by atoms with E-state index in [0.717, 1.165) is 28.8 Å². The third kappa shape index (κ3) is 3.96. The van der Waals surface area contributed by atoms with E-state index in [1.807, 2.05) is 76.2 Å². The summed E-state index contributed by atoms with van der Waals surface area (Å²) in [6.07, 6.45) is 5.11. The van der Waals surface area contributed by atoms with Crippen LogP contribution in [0.15, 0.2) is 71.5 Å². The fraction of sp³-hybridized carbons (Fsp3) is 0.231. The minimum atomic E-state index is 0.0381. The van der Waals surface area contributed by atoms with Crippen molar-refractivity contribution in [2.45, 2.75) is 18.9 Å².